The number of amides is 1. The molecule has 0 radical (unpaired) electrons. The van der Waals surface area contributed by atoms with E-state index in [9.17, 15) is 4.79 Å². The smallest absolute Gasteiger partial charge is 0.228 e. The van der Waals surface area contributed by atoms with Gasteiger partial charge in [0.2, 0.25) is 5.91 Å². The minimum absolute atomic E-state index is 0.0854. The van der Waals surface area contributed by atoms with Crippen molar-refractivity contribution in [3.05, 3.63) is 11.6 Å². The van der Waals surface area contributed by atoms with Crippen LogP contribution in [0, 0.1) is 19.8 Å². The third-order valence-electron chi connectivity index (χ3n) is 4.39. The maximum atomic E-state index is 12.5. The highest BCUT2D eigenvalue weighted by Gasteiger charge is 2.46. The van der Waals surface area contributed by atoms with Gasteiger partial charge in [0.25, 0.3) is 0 Å². The number of likely N-dealkylation sites (tertiary alicyclic amines) is 1. The van der Waals surface area contributed by atoms with E-state index in [4.69, 9.17) is 4.74 Å². The number of carbonyl (C=O) groups is 1. The van der Waals surface area contributed by atoms with Crippen LogP contribution in [0.1, 0.15) is 43.9 Å². The van der Waals surface area contributed by atoms with Gasteiger partial charge in [-0.05, 0) is 40.0 Å². The van der Waals surface area contributed by atoms with E-state index < -0.39 is 0 Å². The molecule has 1 saturated carbocycles. The fraction of sp³-hybridized carbons (Fsp3) is 0.800. The second kappa shape index (κ2) is 5.75. The van der Waals surface area contributed by atoms with Crippen molar-refractivity contribution in [3.8, 4) is 0 Å². The van der Waals surface area contributed by atoms with Crippen molar-refractivity contribution >= 4 is 5.91 Å². The molecular formula is C15H24N4O2. The van der Waals surface area contributed by atoms with Gasteiger partial charge in [-0.25, -0.2) is 9.67 Å². The highest BCUT2D eigenvalue weighted by molar-refractivity contribution is 5.82. The Morgan fingerprint density at radius 2 is 2.24 bits per heavy atom. The summed E-state index contributed by atoms with van der Waals surface area (Å²) in [5, 5.41) is 4.48. The molecule has 116 valence electrons. The highest BCUT2D eigenvalue weighted by Crippen LogP contribution is 2.36. The molecule has 1 aromatic rings. The summed E-state index contributed by atoms with van der Waals surface area (Å²) >= 11 is 0. The summed E-state index contributed by atoms with van der Waals surface area (Å²) in [5.74, 6) is 2.08. The summed E-state index contributed by atoms with van der Waals surface area (Å²) in [6.07, 6.45) is 3.13. The highest BCUT2D eigenvalue weighted by atomic mass is 16.5. The molecule has 2 fully saturated rings. The minimum Gasteiger partial charge on any atom is -0.378 e. The maximum absolute atomic E-state index is 12.5. The van der Waals surface area contributed by atoms with Gasteiger partial charge in [0.05, 0.1) is 18.1 Å². The molecule has 3 rings (SSSR count). The van der Waals surface area contributed by atoms with Crippen LogP contribution in [0.3, 0.4) is 0 Å². The molecule has 0 unspecified atom stereocenters. The lowest BCUT2D eigenvalue weighted by atomic mass is 10.1. The number of hydrogen-bond donors (Lipinski definition) is 0. The van der Waals surface area contributed by atoms with Crippen molar-refractivity contribution < 1.29 is 9.53 Å². The molecule has 6 nitrogen and oxygen atoms in total. The van der Waals surface area contributed by atoms with E-state index >= 15 is 0 Å². The van der Waals surface area contributed by atoms with E-state index in [1.807, 2.05) is 30.4 Å². The number of ether oxygens (including phenoxy) is 1. The molecule has 0 bridgehead atoms. The van der Waals surface area contributed by atoms with Crippen LogP contribution in [-0.4, -0.2) is 51.4 Å². The molecule has 3 atom stereocenters. The Morgan fingerprint density at radius 3 is 2.90 bits per heavy atom. The average Bonchev–Trinajstić information content (AvgIpc) is 3.15. The van der Waals surface area contributed by atoms with Gasteiger partial charge in [-0.2, -0.15) is 5.10 Å². The van der Waals surface area contributed by atoms with Crippen LogP contribution in [-0.2, 0) is 9.53 Å². The second-order valence-electron chi connectivity index (χ2n) is 6.07. The van der Waals surface area contributed by atoms with Crippen molar-refractivity contribution in [3.63, 3.8) is 0 Å². The Labute approximate surface area is 125 Å². The van der Waals surface area contributed by atoms with Crippen LogP contribution in [0.25, 0.3) is 0 Å². The first-order valence-corrected chi connectivity index (χ1v) is 7.90. The monoisotopic (exact) mass is 292 g/mol. The number of hydrogen-bond acceptors (Lipinski definition) is 4. The van der Waals surface area contributed by atoms with E-state index in [2.05, 4.69) is 10.1 Å². The quantitative estimate of drug-likeness (QED) is 0.843. The predicted octanol–water partition coefficient (Wildman–Crippen LogP) is 1.48. The van der Waals surface area contributed by atoms with Crippen LogP contribution >= 0.6 is 0 Å². The molecule has 0 spiro atoms. The van der Waals surface area contributed by atoms with E-state index in [0.717, 1.165) is 44.0 Å². The number of nitrogens with zero attached hydrogens (tertiary/aromatic N) is 4. The Morgan fingerprint density at radius 1 is 1.43 bits per heavy atom. The fourth-order valence-electron chi connectivity index (χ4n) is 3.30. The van der Waals surface area contributed by atoms with Crippen LogP contribution in [0.2, 0.25) is 0 Å². The topological polar surface area (TPSA) is 60.2 Å². The van der Waals surface area contributed by atoms with Gasteiger partial charge in [0.15, 0.2) is 0 Å². The molecule has 2 heterocycles. The summed E-state index contributed by atoms with van der Waals surface area (Å²) in [5.41, 5.74) is 0. The third kappa shape index (κ3) is 2.95. The average molecular weight is 292 g/mol. The molecule has 1 aliphatic carbocycles. The Balaban J connectivity index is 1.64. The SMILES string of the molecule is CCO[C@@H]1C[C@H]1C(=O)N1CCC[C@@H](n2nc(C)nc2C)C1. The number of piperidine rings is 1. The lowest BCUT2D eigenvalue weighted by molar-refractivity contribution is -0.135. The Hall–Kier alpha value is -1.43. The molecular weight excluding hydrogens is 268 g/mol. The van der Waals surface area contributed by atoms with Gasteiger partial charge in [0, 0.05) is 19.7 Å². The Bertz CT molecular complexity index is 528. The lowest BCUT2D eigenvalue weighted by Crippen LogP contribution is -2.42. The van der Waals surface area contributed by atoms with Crippen molar-refractivity contribution in [2.45, 2.75) is 52.2 Å². The molecule has 0 N–H and O–H groups in total. The van der Waals surface area contributed by atoms with Gasteiger partial charge in [-0.3, -0.25) is 4.79 Å². The predicted molar refractivity (Wildman–Crippen MR) is 77.9 cm³/mol. The van der Waals surface area contributed by atoms with Gasteiger partial charge in [0.1, 0.15) is 11.6 Å². The van der Waals surface area contributed by atoms with E-state index in [-0.39, 0.29) is 24.0 Å². The van der Waals surface area contributed by atoms with Gasteiger partial charge in [-0.15, -0.1) is 0 Å². The standard InChI is InChI=1S/C15H24N4O2/c1-4-21-14-8-13(14)15(20)18-7-5-6-12(9-18)19-11(3)16-10(2)17-19/h12-14H,4-9H2,1-3H3/t12-,13-,14-/m1/s1. The molecule has 1 amide bonds. The zero-order valence-electron chi connectivity index (χ0n) is 13.1. The van der Waals surface area contributed by atoms with E-state index in [0.29, 0.717) is 6.61 Å². The molecule has 1 aliphatic heterocycles. The fourth-order valence-corrected chi connectivity index (χ4v) is 3.30. The van der Waals surface area contributed by atoms with Gasteiger partial charge in [-0.1, -0.05) is 0 Å². The van der Waals surface area contributed by atoms with Crippen LogP contribution in [0.5, 0.6) is 0 Å². The van der Waals surface area contributed by atoms with Gasteiger partial charge < -0.3 is 9.64 Å². The summed E-state index contributed by atoms with van der Waals surface area (Å²) in [7, 11) is 0. The largest absolute Gasteiger partial charge is 0.378 e. The van der Waals surface area contributed by atoms with Crippen LogP contribution < -0.4 is 0 Å². The second-order valence-corrected chi connectivity index (χ2v) is 6.07. The normalized spacial score (nSPS) is 28.7. The third-order valence-corrected chi connectivity index (χ3v) is 4.39. The lowest BCUT2D eigenvalue weighted by Gasteiger charge is -2.33. The van der Waals surface area contributed by atoms with Crippen molar-refractivity contribution in [2.24, 2.45) is 5.92 Å². The first-order valence-electron chi connectivity index (χ1n) is 7.90. The first kappa shape index (κ1) is 14.5. The summed E-state index contributed by atoms with van der Waals surface area (Å²) < 4.78 is 7.52. The first-order chi connectivity index (χ1) is 10.1. The van der Waals surface area contributed by atoms with Crippen LogP contribution in [0.4, 0.5) is 0 Å². The van der Waals surface area contributed by atoms with Crippen LogP contribution in [0.15, 0.2) is 0 Å². The van der Waals surface area contributed by atoms with Gasteiger partial charge >= 0.3 is 0 Å². The van der Waals surface area contributed by atoms with E-state index in [1.54, 1.807) is 0 Å². The zero-order valence-corrected chi connectivity index (χ0v) is 13.1. The summed E-state index contributed by atoms with van der Waals surface area (Å²) in [6, 6.07) is 0.258. The number of carbonyl (C=O) groups excluding carboxylic acids is 1. The Kier molecular flexibility index (Phi) is 3.97. The number of aryl methyl sites for hydroxylation is 2. The summed E-state index contributed by atoms with van der Waals surface area (Å²) in [6.45, 7) is 8.16. The molecule has 21 heavy (non-hydrogen) atoms. The van der Waals surface area contributed by atoms with Crippen molar-refractivity contribution in [1.29, 1.82) is 0 Å². The van der Waals surface area contributed by atoms with E-state index in [1.165, 1.54) is 0 Å². The summed E-state index contributed by atoms with van der Waals surface area (Å²) in [4.78, 5) is 18.9. The molecule has 1 aromatic heterocycles. The molecule has 6 heteroatoms. The number of rotatable bonds is 4. The minimum atomic E-state index is 0.0854. The molecule has 1 saturated heterocycles. The zero-order chi connectivity index (χ0) is 15.0. The molecule has 0 aromatic carbocycles. The molecule has 2 aliphatic rings. The number of aromatic nitrogens is 3. The van der Waals surface area contributed by atoms with Crippen molar-refractivity contribution in [2.75, 3.05) is 19.7 Å². The maximum Gasteiger partial charge on any atom is 0.228 e. The van der Waals surface area contributed by atoms with Crippen molar-refractivity contribution in [1.82, 2.24) is 19.7 Å².